The number of rotatable bonds is 3. The molecule has 0 aromatic heterocycles. The van der Waals surface area contributed by atoms with Gasteiger partial charge in [-0.3, -0.25) is 0 Å². The molecule has 2 aromatic carbocycles. The molecule has 0 aliphatic carbocycles. The third-order valence-corrected chi connectivity index (χ3v) is 3.35. The van der Waals surface area contributed by atoms with E-state index in [1.807, 2.05) is 43.3 Å². The number of methoxy groups -OCH3 is 1. The molecule has 0 aliphatic heterocycles. The number of aliphatic hydroxyl groups excluding tert-OH is 1. The van der Waals surface area contributed by atoms with Crippen LogP contribution in [0, 0.1) is 6.92 Å². The maximum Gasteiger partial charge on any atom is 0.118 e. The summed E-state index contributed by atoms with van der Waals surface area (Å²) >= 11 is 6.06. The zero-order valence-corrected chi connectivity index (χ0v) is 11.1. The third kappa shape index (κ3) is 2.66. The summed E-state index contributed by atoms with van der Waals surface area (Å²) in [5.74, 6) is 0.771. The van der Waals surface area contributed by atoms with E-state index in [9.17, 15) is 5.11 Å². The van der Waals surface area contributed by atoms with E-state index in [-0.39, 0.29) is 0 Å². The average Bonchev–Trinajstić information content (AvgIpc) is 2.41. The van der Waals surface area contributed by atoms with Gasteiger partial charge in [0, 0.05) is 5.02 Å². The van der Waals surface area contributed by atoms with E-state index in [1.54, 1.807) is 13.2 Å². The van der Waals surface area contributed by atoms with Crippen LogP contribution in [0.2, 0.25) is 5.02 Å². The van der Waals surface area contributed by atoms with Crippen LogP contribution in [-0.2, 0) is 0 Å². The lowest BCUT2D eigenvalue weighted by molar-refractivity contribution is 0.220. The minimum Gasteiger partial charge on any atom is -0.497 e. The summed E-state index contributed by atoms with van der Waals surface area (Å²) in [6.07, 6.45) is -0.672. The molecule has 1 unspecified atom stereocenters. The Morgan fingerprint density at radius 2 is 1.67 bits per heavy atom. The number of ether oxygens (including phenoxy) is 1. The number of aliphatic hydroxyl groups is 1. The highest BCUT2D eigenvalue weighted by molar-refractivity contribution is 6.31. The number of halogens is 1. The van der Waals surface area contributed by atoms with Crippen molar-refractivity contribution in [2.24, 2.45) is 0 Å². The molecule has 1 atom stereocenters. The highest BCUT2D eigenvalue weighted by Crippen LogP contribution is 2.27. The Morgan fingerprint density at radius 3 is 2.22 bits per heavy atom. The van der Waals surface area contributed by atoms with Crippen LogP contribution < -0.4 is 4.74 Å². The first-order valence-corrected chi connectivity index (χ1v) is 6.07. The van der Waals surface area contributed by atoms with E-state index in [0.717, 1.165) is 22.4 Å². The minimum atomic E-state index is -0.672. The molecule has 2 aromatic rings. The lowest BCUT2D eigenvalue weighted by Crippen LogP contribution is -1.99. The van der Waals surface area contributed by atoms with Gasteiger partial charge in [-0.15, -0.1) is 0 Å². The standard InChI is InChI=1S/C15H15ClO2/c1-10-3-4-12(9-14(10)16)15(17)11-5-7-13(18-2)8-6-11/h3-9,15,17H,1-2H3. The van der Waals surface area contributed by atoms with Crippen LogP contribution >= 0.6 is 11.6 Å². The molecule has 18 heavy (non-hydrogen) atoms. The average molecular weight is 263 g/mol. The van der Waals surface area contributed by atoms with Crippen LogP contribution in [0.15, 0.2) is 42.5 Å². The van der Waals surface area contributed by atoms with Gasteiger partial charge in [-0.05, 0) is 41.8 Å². The summed E-state index contributed by atoms with van der Waals surface area (Å²) < 4.78 is 5.09. The summed E-state index contributed by atoms with van der Waals surface area (Å²) in [4.78, 5) is 0. The molecule has 0 saturated heterocycles. The smallest absolute Gasteiger partial charge is 0.118 e. The number of benzene rings is 2. The molecule has 2 rings (SSSR count). The molecule has 0 fully saturated rings. The Bertz CT molecular complexity index is 535. The fourth-order valence-electron chi connectivity index (χ4n) is 1.76. The van der Waals surface area contributed by atoms with E-state index < -0.39 is 6.10 Å². The third-order valence-electron chi connectivity index (χ3n) is 2.94. The van der Waals surface area contributed by atoms with Crippen molar-refractivity contribution in [3.05, 3.63) is 64.2 Å². The van der Waals surface area contributed by atoms with Crippen molar-refractivity contribution in [1.29, 1.82) is 0 Å². The van der Waals surface area contributed by atoms with Crippen LogP contribution in [0.25, 0.3) is 0 Å². The number of aryl methyl sites for hydroxylation is 1. The van der Waals surface area contributed by atoms with Crippen LogP contribution in [0.4, 0.5) is 0 Å². The van der Waals surface area contributed by atoms with E-state index in [1.165, 1.54) is 0 Å². The van der Waals surface area contributed by atoms with Gasteiger partial charge in [0.25, 0.3) is 0 Å². The summed E-state index contributed by atoms with van der Waals surface area (Å²) in [6, 6.07) is 12.9. The van der Waals surface area contributed by atoms with Crippen molar-refractivity contribution in [2.45, 2.75) is 13.0 Å². The van der Waals surface area contributed by atoms with Gasteiger partial charge < -0.3 is 9.84 Å². The monoisotopic (exact) mass is 262 g/mol. The van der Waals surface area contributed by atoms with Crippen LogP contribution in [-0.4, -0.2) is 12.2 Å². The van der Waals surface area contributed by atoms with Crippen molar-refractivity contribution in [2.75, 3.05) is 7.11 Å². The van der Waals surface area contributed by atoms with Crippen LogP contribution in [0.3, 0.4) is 0 Å². The Hall–Kier alpha value is -1.51. The van der Waals surface area contributed by atoms with E-state index in [4.69, 9.17) is 16.3 Å². The van der Waals surface area contributed by atoms with Crippen molar-refractivity contribution >= 4 is 11.6 Å². The molecule has 0 spiro atoms. The summed E-state index contributed by atoms with van der Waals surface area (Å²) in [5.41, 5.74) is 2.61. The van der Waals surface area contributed by atoms with Gasteiger partial charge >= 0.3 is 0 Å². The Balaban J connectivity index is 2.28. The molecular weight excluding hydrogens is 248 g/mol. The quantitative estimate of drug-likeness (QED) is 0.913. The normalized spacial score (nSPS) is 12.2. The molecule has 1 N–H and O–H groups in total. The number of hydrogen-bond donors (Lipinski definition) is 1. The van der Waals surface area contributed by atoms with E-state index >= 15 is 0 Å². The topological polar surface area (TPSA) is 29.5 Å². The lowest BCUT2D eigenvalue weighted by Gasteiger charge is -2.13. The molecule has 3 heteroatoms. The molecule has 0 saturated carbocycles. The van der Waals surface area contributed by atoms with Gasteiger partial charge in [0.15, 0.2) is 0 Å². The van der Waals surface area contributed by atoms with E-state index in [2.05, 4.69) is 0 Å². The SMILES string of the molecule is COc1ccc(C(O)c2ccc(C)c(Cl)c2)cc1. The molecule has 2 nitrogen and oxygen atoms in total. The predicted molar refractivity (Wildman–Crippen MR) is 73.2 cm³/mol. The largest absolute Gasteiger partial charge is 0.497 e. The second-order valence-electron chi connectivity index (χ2n) is 4.18. The van der Waals surface area contributed by atoms with E-state index in [0.29, 0.717) is 5.02 Å². The lowest BCUT2D eigenvalue weighted by atomic mass is 10.0. The van der Waals surface area contributed by atoms with Gasteiger partial charge in [0.1, 0.15) is 11.9 Å². The first-order chi connectivity index (χ1) is 8.61. The first kappa shape index (κ1) is 12.9. The fourth-order valence-corrected chi connectivity index (χ4v) is 1.95. The van der Waals surface area contributed by atoms with Gasteiger partial charge in [0.2, 0.25) is 0 Å². The van der Waals surface area contributed by atoms with Crippen molar-refractivity contribution in [3.8, 4) is 5.75 Å². The second-order valence-corrected chi connectivity index (χ2v) is 4.59. The van der Waals surface area contributed by atoms with Gasteiger partial charge in [-0.25, -0.2) is 0 Å². The molecule has 94 valence electrons. The predicted octanol–water partition coefficient (Wildman–Crippen LogP) is 3.74. The van der Waals surface area contributed by atoms with Gasteiger partial charge in [-0.1, -0.05) is 35.9 Å². The van der Waals surface area contributed by atoms with Gasteiger partial charge in [0.05, 0.1) is 7.11 Å². The maximum absolute atomic E-state index is 10.3. The molecule has 0 aliphatic rings. The highest BCUT2D eigenvalue weighted by atomic mass is 35.5. The van der Waals surface area contributed by atoms with Crippen molar-refractivity contribution < 1.29 is 9.84 Å². The van der Waals surface area contributed by atoms with Crippen molar-refractivity contribution in [1.82, 2.24) is 0 Å². The van der Waals surface area contributed by atoms with Crippen LogP contribution in [0.5, 0.6) is 5.75 Å². The maximum atomic E-state index is 10.3. The molecular formula is C15H15ClO2. The minimum absolute atomic E-state index is 0.667. The first-order valence-electron chi connectivity index (χ1n) is 5.70. The van der Waals surface area contributed by atoms with Gasteiger partial charge in [-0.2, -0.15) is 0 Å². The molecule has 0 heterocycles. The Morgan fingerprint density at radius 1 is 1.06 bits per heavy atom. The second kappa shape index (κ2) is 5.42. The Kier molecular flexibility index (Phi) is 3.90. The summed E-state index contributed by atoms with van der Waals surface area (Å²) in [5, 5.41) is 10.9. The zero-order chi connectivity index (χ0) is 13.1. The highest BCUT2D eigenvalue weighted by Gasteiger charge is 2.11. The fraction of sp³-hybridized carbons (Fsp3) is 0.200. The Labute approximate surface area is 112 Å². The molecule has 0 amide bonds. The summed E-state index contributed by atoms with van der Waals surface area (Å²) in [6.45, 7) is 1.94. The zero-order valence-electron chi connectivity index (χ0n) is 10.4. The van der Waals surface area contributed by atoms with Crippen LogP contribution in [0.1, 0.15) is 22.8 Å². The molecule has 0 radical (unpaired) electrons. The summed E-state index contributed by atoms with van der Waals surface area (Å²) in [7, 11) is 1.62. The van der Waals surface area contributed by atoms with Crippen molar-refractivity contribution in [3.63, 3.8) is 0 Å². The molecule has 0 bridgehead atoms. The number of hydrogen-bond acceptors (Lipinski definition) is 2.